The molecule has 0 N–H and O–H groups in total. The predicted molar refractivity (Wildman–Crippen MR) is 560 cm³/mol. The van der Waals surface area contributed by atoms with Gasteiger partial charge in [-0.1, -0.05) is 346 Å². The van der Waals surface area contributed by atoms with Crippen molar-refractivity contribution in [1.82, 2.24) is 47.3 Å². The maximum absolute atomic E-state index is 4.71. The van der Waals surface area contributed by atoms with Crippen molar-refractivity contribution in [3.63, 3.8) is 0 Å². The Morgan fingerprint density at radius 1 is 0.189 bits per heavy atom. The predicted octanol–water partition coefficient (Wildman–Crippen LogP) is 31.1. The molecule has 0 atom stereocenters. The first-order valence-corrected chi connectivity index (χ1v) is 45.3. The zero-order valence-electron chi connectivity index (χ0n) is 76.6. The molecule has 10 heteroatoms. The highest BCUT2D eigenvalue weighted by Gasteiger charge is 2.22. The number of benzene rings is 15. The van der Waals surface area contributed by atoms with Gasteiger partial charge in [0.25, 0.3) is 0 Å². The van der Waals surface area contributed by atoms with Gasteiger partial charge in [-0.05, 0) is 140 Å². The summed E-state index contributed by atoms with van der Waals surface area (Å²) in [6.07, 6.45) is 1.86. The molecule has 0 saturated carbocycles. The van der Waals surface area contributed by atoms with E-state index < -0.39 is 0 Å². The van der Waals surface area contributed by atoms with E-state index in [2.05, 4.69) is 501 Å². The second-order valence-electron chi connectivity index (χ2n) is 34.5. The van der Waals surface area contributed by atoms with Crippen LogP contribution in [0.4, 0.5) is 0 Å². The van der Waals surface area contributed by atoms with E-state index in [4.69, 9.17) is 4.98 Å². The molecule has 25 aromatic rings. The third kappa shape index (κ3) is 15.4. The summed E-state index contributed by atoms with van der Waals surface area (Å²) in [5, 5.41) is 14.1. The van der Waals surface area contributed by atoms with Crippen LogP contribution >= 0.6 is 0 Å². The second kappa shape index (κ2) is 35.7. The minimum absolute atomic E-state index is 1.05. The van der Waals surface area contributed by atoms with Gasteiger partial charge < -0.3 is 27.4 Å². The molecule has 0 aliphatic rings. The fraction of sp³-hybridized carbons (Fsp3) is 0.0984. The third-order valence-electron chi connectivity index (χ3n) is 26.2. The van der Waals surface area contributed by atoms with Crippen LogP contribution in [0.5, 0.6) is 0 Å². The first-order chi connectivity index (χ1) is 64.5. The van der Waals surface area contributed by atoms with Gasteiger partial charge in [-0.2, -0.15) is 0 Å². The van der Waals surface area contributed by atoms with Gasteiger partial charge in [0.1, 0.15) is 5.65 Å². The number of hydrogen-bond acceptors (Lipinski definition) is 4. The van der Waals surface area contributed by atoms with Crippen LogP contribution in [0.25, 0.3) is 209 Å². The van der Waals surface area contributed by atoms with Crippen molar-refractivity contribution in [2.75, 3.05) is 0 Å². The standard InChI is InChI=1S/C25H19N.2C20H18N2.C20H17N.C19H16N2.C18H14N2/c1-26-24-16-6-5-13-22(24)23-15-8-14-21(25(23)26)20-12-7-11-19(17-20)18-9-3-2-4-10-18;1-13-12-18-19(14(2)21-13)17-11-7-10-16(20(17)22(18)3)15-8-5-4-6-9-15;1-13-12-18-17-11-7-10-16(15-8-5-4-6-9-15)20(17)22(3)19(18)14(2)21-13;1-14-8-6-12-17-18-13-7-11-16(15-9-4-3-5-10-15)20(18)21(2)19(14)17;1-13-11-12-17-16-10-6-9-15(14-7-4-3-5-8-14)18(16)21(2)19(17)20-13;1-20-16-11-6-12-19-17(16)15-10-5-9-14(18(15)20)13-7-3-2-4-8-13/h2-17H,1H3;2*4-12H,1-3H3;3-13H,1-2H3;3-12H,1-2H3;2-12H,1H3. The molecule has 0 bridgehead atoms. The Bertz CT molecular complexity index is 8580. The Morgan fingerprint density at radius 3 is 1.08 bits per heavy atom. The average molecular weight is 1710 g/mol. The number of para-hydroxylation sites is 8. The maximum Gasteiger partial charge on any atom is 0.141 e. The number of aryl methyl sites for hydroxylation is 12. The molecule has 10 aromatic heterocycles. The molecule has 0 aliphatic heterocycles. The minimum atomic E-state index is 1.05. The Morgan fingerprint density at radius 2 is 0.538 bits per heavy atom. The monoisotopic (exact) mass is 1710 g/mol. The molecule has 25 rings (SSSR count). The van der Waals surface area contributed by atoms with Gasteiger partial charge >= 0.3 is 0 Å². The van der Waals surface area contributed by atoms with Gasteiger partial charge in [-0.25, -0.2) is 4.98 Å². The van der Waals surface area contributed by atoms with Crippen LogP contribution in [0, 0.1) is 41.5 Å². The molecular weight excluding hydrogens is 1610 g/mol. The van der Waals surface area contributed by atoms with E-state index in [0.717, 1.165) is 39.6 Å². The molecule has 10 nitrogen and oxygen atoms in total. The van der Waals surface area contributed by atoms with E-state index in [-0.39, 0.29) is 0 Å². The number of rotatable bonds is 7. The van der Waals surface area contributed by atoms with E-state index in [1.165, 1.54) is 203 Å². The quantitative estimate of drug-likeness (QED) is 0.159. The molecule has 10 heterocycles. The summed E-state index contributed by atoms with van der Waals surface area (Å²) >= 11 is 0. The van der Waals surface area contributed by atoms with Crippen LogP contribution in [-0.2, 0) is 42.3 Å². The van der Waals surface area contributed by atoms with Gasteiger partial charge in [-0.3, -0.25) is 15.0 Å². The van der Waals surface area contributed by atoms with E-state index in [0.29, 0.717) is 0 Å². The highest BCUT2D eigenvalue weighted by molar-refractivity contribution is 6.18. The van der Waals surface area contributed by atoms with Crippen molar-refractivity contribution in [2.24, 2.45) is 42.3 Å². The summed E-state index contributed by atoms with van der Waals surface area (Å²) in [4.78, 5) is 18.5. The van der Waals surface area contributed by atoms with E-state index in [1.54, 1.807) is 0 Å². The molecule has 0 fully saturated rings. The number of hydrogen-bond donors (Lipinski definition) is 0. The lowest BCUT2D eigenvalue weighted by Crippen LogP contribution is -1.94. The molecule has 0 amide bonds. The molecule has 0 saturated heterocycles. The Balaban J connectivity index is 0.0000000989. The first-order valence-electron chi connectivity index (χ1n) is 45.3. The smallest absolute Gasteiger partial charge is 0.141 e. The van der Waals surface area contributed by atoms with Crippen LogP contribution in [0.3, 0.4) is 0 Å². The number of aromatic nitrogens is 10. The van der Waals surface area contributed by atoms with Crippen molar-refractivity contribution in [3.8, 4) is 77.9 Å². The van der Waals surface area contributed by atoms with Crippen molar-refractivity contribution in [1.29, 1.82) is 0 Å². The van der Waals surface area contributed by atoms with Gasteiger partial charge in [0.2, 0.25) is 0 Å². The van der Waals surface area contributed by atoms with E-state index in [1.807, 2.05) is 25.3 Å². The van der Waals surface area contributed by atoms with Crippen molar-refractivity contribution in [3.05, 3.63) is 435 Å². The number of fused-ring (bicyclic) bond motifs is 18. The molecular formula is C122H102N10. The fourth-order valence-electron chi connectivity index (χ4n) is 20.4. The normalized spacial score (nSPS) is 11.3. The molecule has 640 valence electrons. The third-order valence-corrected chi connectivity index (χ3v) is 26.2. The second-order valence-corrected chi connectivity index (χ2v) is 34.5. The van der Waals surface area contributed by atoms with Gasteiger partial charge in [0, 0.05) is 169 Å². The summed E-state index contributed by atoms with van der Waals surface area (Å²) in [6, 6.07) is 139. The van der Waals surface area contributed by atoms with Crippen LogP contribution < -0.4 is 0 Å². The Labute approximate surface area is 769 Å². The molecule has 132 heavy (non-hydrogen) atoms. The Hall–Kier alpha value is -16.3. The highest BCUT2D eigenvalue weighted by atomic mass is 15.0. The largest absolute Gasteiger partial charge is 0.343 e. The van der Waals surface area contributed by atoms with Crippen LogP contribution in [0.2, 0.25) is 0 Å². The summed E-state index contributed by atoms with van der Waals surface area (Å²) in [6.45, 7) is 12.5. The van der Waals surface area contributed by atoms with E-state index >= 15 is 0 Å². The average Bonchev–Trinajstić information content (AvgIpc) is 1.66. The van der Waals surface area contributed by atoms with Crippen molar-refractivity contribution >= 4 is 131 Å². The van der Waals surface area contributed by atoms with Crippen LogP contribution in [0.15, 0.2) is 401 Å². The molecule has 15 aromatic carbocycles. The zero-order chi connectivity index (χ0) is 90.4. The molecule has 0 spiro atoms. The summed E-state index contributed by atoms with van der Waals surface area (Å²) in [5.41, 5.74) is 40.4. The molecule has 0 radical (unpaired) electrons. The zero-order valence-corrected chi connectivity index (χ0v) is 76.6. The fourth-order valence-corrected chi connectivity index (χ4v) is 20.4. The first kappa shape index (κ1) is 83.9. The SMILES string of the molecule is Cc1cc2c(c(C)n1)c1cccc(-c3ccccc3)c1n2C.Cc1cc2c3cccc(-c4ccccc4)c3n(C)c2c(C)n1.Cc1ccc2c3cccc(-c4ccccc4)c3n(C)c2n1.Cc1cccc2c3cccc(-c4ccccc4)c3n(C)c12.Cn1c2ccccc2c2cccc(-c3cccc(-c4ccccc4)c3)c21.Cn1c2cccnc2c2cccc(-c3ccccc3)c21. The maximum atomic E-state index is 4.71. The number of nitrogens with zero attached hydrogens (tertiary/aromatic N) is 10. The van der Waals surface area contributed by atoms with Crippen LogP contribution in [-0.4, -0.2) is 47.3 Å². The lowest BCUT2D eigenvalue weighted by atomic mass is 9.97. The van der Waals surface area contributed by atoms with Gasteiger partial charge in [0.15, 0.2) is 0 Å². The topological polar surface area (TPSA) is 81.1 Å². The highest BCUT2D eigenvalue weighted by Crippen LogP contribution is 2.44. The minimum Gasteiger partial charge on any atom is -0.343 e. The summed E-state index contributed by atoms with van der Waals surface area (Å²) in [5.74, 6) is 0. The van der Waals surface area contributed by atoms with Crippen molar-refractivity contribution < 1.29 is 0 Å². The van der Waals surface area contributed by atoms with E-state index in [9.17, 15) is 0 Å². The van der Waals surface area contributed by atoms with Crippen molar-refractivity contribution in [2.45, 2.75) is 41.5 Å². The van der Waals surface area contributed by atoms with Gasteiger partial charge in [-0.15, -0.1) is 0 Å². The Kier molecular flexibility index (Phi) is 22.7. The molecule has 0 aliphatic carbocycles. The summed E-state index contributed by atoms with van der Waals surface area (Å²) < 4.78 is 13.7. The summed E-state index contributed by atoms with van der Waals surface area (Å²) in [7, 11) is 12.8. The lowest BCUT2D eigenvalue weighted by Gasteiger charge is -2.09. The lowest BCUT2D eigenvalue weighted by molar-refractivity contribution is 0.983. The number of pyridine rings is 4. The van der Waals surface area contributed by atoms with Crippen LogP contribution in [0.1, 0.15) is 34.0 Å². The van der Waals surface area contributed by atoms with Gasteiger partial charge in [0.05, 0.1) is 66.4 Å². The molecule has 0 unspecified atom stereocenters.